The smallest absolute Gasteiger partial charge is 0.244 e. The van der Waals surface area contributed by atoms with E-state index in [4.69, 9.17) is 5.73 Å². The molecule has 12 heavy (non-hydrogen) atoms. The minimum atomic E-state index is -0.0696. The van der Waals surface area contributed by atoms with Crippen LogP contribution in [0.4, 0.5) is 0 Å². The number of carbonyl (C=O) groups excluding carboxylic acids is 1. The number of hydrogen-bond donors (Lipinski definition) is 2. The fourth-order valence-corrected chi connectivity index (χ4v) is 0.660. The zero-order valence-corrected chi connectivity index (χ0v) is 8.22. The first kappa shape index (κ1) is 11.2. The summed E-state index contributed by atoms with van der Waals surface area (Å²) in [6.07, 6.45) is 1.57. The Morgan fingerprint density at radius 2 is 1.92 bits per heavy atom. The molecule has 2 unspecified atom stereocenters. The van der Waals surface area contributed by atoms with Crippen molar-refractivity contribution in [1.82, 2.24) is 5.32 Å². The molecule has 3 nitrogen and oxygen atoms in total. The molecule has 0 aliphatic carbocycles. The minimum absolute atomic E-state index is 0.0143. The highest BCUT2D eigenvalue weighted by atomic mass is 16.1. The van der Waals surface area contributed by atoms with Gasteiger partial charge in [0.2, 0.25) is 5.91 Å². The van der Waals surface area contributed by atoms with Gasteiger partial charge < -0.3 is 11.1 Å². The summed E-state index contributed by atoms with van der Waals surface area (Å²) in [4.78, 5) is 11.1. The van der Waals surface area contributed by atoms with Crippen LogP contribution in [0.15, 0.2) is 11.6 Å². The van der Waals surface area contributed by atoms with Gasteiger partial charge in [0, 0.05) is 18.2 Å². The number of amides is 1. The van der Waals surface area contributed by atoms with Gasteiger partial charge in [-0.3, -0.25) is 4.79 Å². The van der Waals surface area contributed by atoms with Crippen molar-refractivity contribution in [3.8, 4) is 0 Å². The molecule has 0 radical (unpaired) electrons. The second kappa shape index (κ2) is 4.93. The molecule has 3 N–H and O–H groups in total. The standard InChI is InChI=1S/C9H18N2O/c1-6(2)5-9(12)11-8(4)7(3)10/h5,7-8H,10H2,1-4H3,(H,11,12). The summed E-state index contributed by atoms with van der Waals surface area (Å²) < 4.78 is 0. The Kier molecular flexibility index (Phi) is 4.59. The summed E-state index contributed by atoms with van der Waals surface area (Å²) in [5.41, 5.74) is 6.57. The highest BCUT2D eigenvalue weighted by Crippen LogP contribution is 1.91. The number of rotatable bonds is 3. The van der Waals surface area contributed by atoms with E-state index >= 15 is 0 Å². The number of hydrogen-bond acceptors (Lipinski definition) is 2. The lowest BCUT2D eigenvalue weighted by Crippen LogP contribution is -2.43. The fraction of sp³-hybridized carbons (Fsp3) is 0.667. The van der Waals surface area contributed by atoms with Crippen LogP contribution in [0, 0.1) is 0 Å². The van der Waals surface area contributed by atoms with Crippen LogP contribution in [0.25, 0.3) is 0 Å². The van der Waals surface area contributed by atoms with Gasteiger partial charge in [-0.15, -0.1) is 0 Å². The van der Waals surface area contributed by atoms with Crippen molar-refractivity contribution in [3.63, 3.8) is 0 Å². The average molecular weight is 170 g/mol. The predicted octanol–water partition coefficient (Wildman–Crippen LogP) is 0.804. The summed E-state index contributed by atoms with van der Waals surface area (Å²) in [6.45, 7) is 7.53. The largest absolute Gasteiger partial charge is 0.349 e. The molecule has 0 rings (SSSR count). The molecule has 0 saturated heterocycles. The van der Waals surface area contributed by atoms with E-state index < -0.39 is 0 Å². The van der Waals surface area contributed by atoms with E-state index in [2.05, 4.69) is 5.32 Å². The van der Waals surface area contributed by atoms with Gasteiger partial charge in [-0.05, 0) is 27.7 Å². The highest BCUT2D eigenvalue weighted by Gasteiger charge is 2.08. The Labute approximate surface area is 74.0 Å². The maximum Gasteiger partial charge on any atom is 0.244 e. The third-order valence-electron chi connectivity index (χ3n) is 1.58. The summed E-state index contributed by atoms with van der Waals surface area (Å²) in [5, 5.41) is 2.77. The van der Waals surface area contributed by atoms with Crippen LogP contribution in [0.1, 0.15) is 27.7 Å². The molecule has 0 aromatic rings. The number of nitrogens with two attached hydrogens (primary N) is 1. The van der Waals surface area contributed by atoms with Gasteiger partial charge in [0.25, 0.3) is 0 Å². The molecule has 1 amide bonds. The second-order valence-electron chi connectivity index (χ2n) is 3.38. The van der Waals surface area contributed by atoms with Crippen LogP contribution >= 0.6 is 0 Å². The molecule has 70 valence electrons. The Morgan fingerprint density at radius 1 is 1.42 bits per heavy atom. The van der Waals surface area contributed by atoms with Crippen LogP contribution in [0.5, 0.6) is 0 Å². The molecule has 0 aromatic carbocycles. The monoisotopic (exact) mass is 170 g/mol. The summed E-state index contributed by atoms with van der Waals surface area (Å²) in [7, 11) is 0. The molecular weight excluding hydrogens is 152 g/mol. The lowest BCUT2D eigenvalue weighted by Gasteiger charge is -2.16. The van der Waals surface area contributed by atoms with E-state index in [9.17, 15) is 4.79 Å². The van der Waals surface area contributed by atoms with Gasteiger partial charge in [0.15, 0.2) is 0 Å². The van der Waals surface area contributed by atoms with Crippen molar-refractivity contribution in [2.75, 3.05) is 0 Å². The molecule has 0 spiro atoms. The maximum absolute atomic E-state index is 11.1. The number of nitrogens with one attached hydrogen (secondary N) is 1. The maximum atomic E-state index is 11.1. The van der Waals surface area contributed by atoms with Gasteiger partial charge in [0.1, 0.15) is 0 Å². The van der Waals surface area contributed by atoms with Crippen molar-refractivity contribution in [2.24, 2.45) is 5.73 Å². The van der Waals surface area contributed by atoms with Crippen molar-refractivity contribution in [2.45, 2.75) is 39.8 Å². The van der Waals surface area contributed by atoms with Gasteiger partial charge in [-0.25, -0.2) is 0 Å². The SMILES string of the molecule is CC(C)=CC(=O)NC(C)C(C)N. The second-order valence-corrected chi connectivity index (χ2v) is 3.38. The van der Waals surface area contributed by atoms with E-state index in [1.54, 1.807) is 6.08 Å². The third-order valence-corrected chi connectivity index (χ3v) is 1.58. The third kappa shape index (κ3) is 4.91. The van der Waals surface area contributed by atoms with Crippen LogP contribution in [-0.4, -0.2) is 18.0 Å². The van der Waals surface area contributed by atoms with Gasteiger partial charge in [-0.2, -0.15) is 0 Å². The predicted molar refractivity (Wildman–Crippen MR) is 50.7 cm³/mol. The Balaban J connectivity index is 3.94. The quantitative estimate of drug-likeness (QED) is 0.616. The lowest BCUT2D eigenvalue weighted by molar-refractivity contribution is -0.117. The normalized spacial score (nSPS) is 14.8. The van der Waals surface area contributed by atoms with Crippen LogP contribution in [-0.2, 0) is 4.79 Å². The van der Waals surface area contributed by atoms with Crippen molar-refractivity contribution >= 4 is 5.91 Å². The van der Waals surface area contributed by atoms with E-state index in [0.29, 0.717) is 0 Å². The summed E-state index contributed by atoms with van der Waals surface area (Å²) >= 11 is 0. The fourth-order valence-electron chi connectivity index (χ4n) is 0.660. The first-order valence-electron chi connectivity index (χ1n) is 4.14. The van der Waals surface area contributed by atoms with Crippen LogP contribution in [0.2, 0.25) is 0 Å². The summed E-state index contributed by atoms with van der Waals surface area (Å²) in [5.74, 6) is -0.0696. The van der Waals surface area contributed by atoms with Crippen molar-refractivity contribution in [3.05, 3.63) is 11.6 Å². The number of carbonyl (C=O) groups is 1. The molecule has 0 saturated carbocycles. The molecule has 0 heterocycles. The molecular formula is C9H18N2O. The minimum Gasteiger partial charge on any atom is -0.349 e. The molecule has 0 aliphatic heterocycles. The Hall–Kier alpha value is -0.830. The zero-order valence-electron chi connectivity index (χ0n) is 8.22. The lowest BCUT2D eigenvalue weighted by atomic mass is 10.2. The topological polar surface area (TPSA) is 55.1 Å². The van der Waals surface area contributed by atoms with Crippen LogP contribution < -0.4 is 11.1 Å². The van der Waals surface area contributed by atoms with Gasteiger partial charge in [-0.1, -0.05) is 5.57 Å². The molecule has 0 bridgehead atoms. The van der Waals surface area contributed by atoms with E-state index in [0.717, 1.165) is 5.57 Å². The first-order valence-corrected chi connectivity index (χ1v) is 4.14. The van der Waals surface area contributed by atoms with E-state index in [1.807, 2.05) is 27.7 Å². The van der Waals surface area contributed by atoms with Crippen molar-refractivity contribution in [1.29, 1.82) is 0 Å². The van der Waals surface area contributed by atoms with Crippen molar-refractivity contribution < 1.29 is 4.79 Å². The molecule has 0 fully saturated rings. The molecule has 2 atom stereocenters. The van der Waals surface area contributed by atoms with E-state index in [-0.39, 0.29) is 18.0 Å². The Bertz CT molecular complexity index is 181. The van der Waals surface area contributed by atoms with E-state index in [1.165, 1.54) is 0 Å². The van der Waals surface area contributed by atoms with Gasteiger partial charge in [0.05, 0.1) is 0 Å². The Morgan fingerprint density at radius 3 is 2.25 bits per heavy atom. The van der Waals surface area contributed by atoms with Crippen LogP contribution in [0.3, 0.4) is 0 Å². The molecule has 0 aliphatic rings. The summed E-state index contributed by atoms with van der Waals surface area (Å²) in [6, 6.07) is 0.00705. The highest BCUT2D eigenvalue weighted by molar-refractivity contribution is 5.88. The molecule has 3 heteroatoms. The zero-order chi connectivity index (χ0) is 9.72. The number of allylic oxidation sites excluding steroid dienone is 1. The average Bonchev–Trinajstić information content (AvgIpc) is 1.84. The van der Waals surface area contributed by atoms with Gasteiger partial charge >= 0.3 is 0 Å². The molecule has 0 aromatic heterocycles. The first-order chi connectivity index (χ1) is 5.43.